The van der Waals surface area contributed by atoms with Gasteiger partial charge < -0.3 is 14.5 Å². The Balaban J connectivity index is 1.29. The number of ether oxygens (including phenoxy) is 1. The molecule has 2 aliphatic heterocycles. The van der Waals surface area contributed by atoms with Gasteiger partial charge in [-0.25, -0.2) is 9.97 Å². The minimum Gasteiger partial charge on any atom is -0.481 e. The third-order valence-electron chi connectivity index (χ3n) is 7.24. The van der Waals surface area contributed by atoms with Gasteiger partial charge in [-0.05, 0) is 55.5 Å². The monoisotopic (exact) mass is 429 g/mol. The van der Waals surface area contributed by atoms with Gasteiger partial charge in [-0.1, -0.05) is 12.5 Å². The molecule has 2 bridgehead atoms. The van der Waals surface area contributed by atoms with Crippen molar-refractivity contribution in [2.24, 2.45) is 0 Å². The predicted octanol–water partition coefficient (Wildman–Crippen LogP) is 3.21. The van der Waals surface area contributed by atoms with Crippen LogP contribution in [0.2, 0.25) is 0 Å². The first-order valence-electron chi connectivity index (χ1n) is 11.2. The molecule has 2 atom stereocenters. The summed E-state index contributed by atoms with van der Waals surface area (Å²) in [6, 6.07) is 10.4. The van der Waals surface area contributed by atoms with E-state index >= 15 is 0 Å². The highest BCUT2D eigenvalue weighted by molar-refractivity contribution is 5.88. The van der Waals surface area contributed by atoms with E-state index in [1.54, 1.807) is 25.6 Å². The van der Waals surface area contributed by atoms with Gasteiger partial charge in [0.05, 0.1) is 12.7 Å². The van der Waals surface area contributed by atoms with Gasteiger partial charge in [-0.15, -0.1) is 0 Å². The van der Waals surface area contributed by atoms with Crippen LogP contribution >= 0.6 is 0 Å². The Kier molecular flexibility index (Phi) is 5.30. The van der Waals surface area contributed by atoms with Crippen LogP contribution in [0, 0.1) is 11.3 Å². The predicted molar refractivity (Wildman–Crippen MR) is 120 cm³/mol. The molecule has 7 heteroatoms. The molecule has 3 aliphatic rings. The number of pyridine rings is 2. The second-order valence-electron chi connectivity index (χ2n) is 8.98. The highest BCUT2D eigenvalue weighted by atomic mass is 16.5. The Hall–Kier alpha value is -3.40. The summed E-state index contributed by atoms with van der Waals surface area (Å²) in [5, 5.41) is 9.02. The maximum absolute atomic E-state index is 13.1. The van der Waals surface area contributed by atoms with Gasteiger partial charge in [-0.2, -0.15) is 5.26 Å². The lowest BCUT2D eigenvalue weighted by Gasteiger charge is -2.42. The molecule has 1 amide bonds. The summed E-state index contributed by atoms with van der Waals surface area (Å²) in [7, 11) is 1.63. The fourth-order valence-electron chi connectivity index (χ4n) is 5.34. The van der Waals surface area contributed by atoms with E-state index in [4.69, 9.17) is 10.00 Å². The molecule has 2 aromatic rings. The second kappa shape index (κ2) is 8.27. The summed E-state index contributed by atoms with van der Waals surface area (Å²) >= 11 is 0. The number of piperazine rings is 1. The maximum atomic E-state index is 13.1. The van der Waals surface area contributed by atoms with Crippen LogP contribution in [-0.4, -0.2) is 53.1 Å². The van der Waals surface area contributed by atoms with Crippen LogP contribution in [0.4, 0.5) is 5.82 Å². The minimum atomic E-state index is -0.0981. The Labute approximate surface area is 188 Å². The van der Waals surface area contributed by atoms with Crippen molar-refractivity contribution in [2.75, 3.05) is 25.1 Å². The molecule has 0 aromatic carbocycles. The van der Waals surface area contributed by atoms with Crippen molar-refractivity contribution in [1.29, 1.82) is 5.26 Å². The van der Waals surface area contributed by atoms with E-state index < -0.39 is 0 Å². The van der Waals surface area contributed by atoms with E-state index in [1.807, 2.05) is 29.2 Å². The number of nitriles is 1. The van der Waals surface area contributed by atoms with Crippen LogP contribution in [0.15, 0.2) is 48.8 Å². The molecule has 2 saturated heterocycles. The van der Waals surface area contributed by atoms with E-state index in [-0.39, 0.29) is 23.4 Å². The average Bonchev–Trinajstić information content (AvgIpc) is 3.07. The van der Waals surface area contributed by atoms with Crippen molar-refractivity contribution >= 4 is 11.7 Å². The number of methoxy groups -OCH3 is 1. The van der Waals surface area contributed by atoms with Crippen LogP contribution in [0.3, 0.4) is 0 Å². The molecule has 32 heavy (non-hydrogen) atoms. The van der Waals surface area contributed by atoms with E-state index in [9.17, 15) is 4.79 Å². The summed E-state index contributed by atoms with van der Waals surface area (Å²) in [4.78, 5) is 26.1. The number of carbonyl (C=O) groups is 1. The number of amides is 1. The molecule has 7 nitrogen and oxygen atoms in total. The molecule has 0 spiro atoms. The number of allylic oxidation sites excluding steroid dienone is 1. The first kappa shape index (κ1) is 20.5. The lowest BCUT2D eigenvalue weighted by molar-refractivity contribution is -0.127. The number of hydrogen-bond donors (Lipinski definition) is 0. The number of fused-ring (bicyclic) bond motifs is 2. The van der Waals surface area contributed by atoms with Crippen molar-refractivity contribution in [3.05, 3.63) is 59.9 Å². The van der Waals surface area contributed by atoms with Gasteiger partial charge in [0.25, 0.3) is 0 Å². The van der Waals surface area contributed by atoms with Crippen molar-refractivity contribution in [2.45, 2.75) is 49.6 Å². The molecule has 1 saturated carbocycles. The average molecular weight is 430 g/mol. The van der Waals surface area contributed by atoms with Crippen molar-refractivity contribution in [3.8, 4) is 11.9 Å². The third-order valence-corrected chi connectivity index (χ3v) is 7.24. The number of carbonyl (C=O) groups excluding carboxylic acids is 1. The first-order valence-corrected chi connectivity index (χ1v) is 11.2. The molecule has 0 N–H and O–H groups in total. The SMILES string of the molecule is COc1cc(C2(/C=C/C(=O)N3CC4CC[C@@H](C3)N4c3ccc(C#N)cn3)CCC2)ccn1. The van der Waals surface area contributed by atoms with Gasteiger partial charge in [0.15, 0.2) is 0 Å². The molecule has 3 fully saturated rings. The van der Waals surface area contributed by atoms with E-state index in [0.717, 1.165) is 43.5 Å². The fourth-order valence-corrected chi connectivity index (χ4v) is 5.34. The molecule has 2 aromatic heterocycles. The highest BCUT2D eigenvalue weighted by Gasteiger charge is 2.42. The van der Waals surface area contributed by atoms with Crippen LogP contribution in [0.25, 0.3) is 0 Å². The summed E-state index contributed by atoms with van der Waals surface area (Å²) in [6.07, 6.45) is 12.6. The second-order valence-corrected chi connectivity index (χ2v) is 8.98. The van der Waals surface area contributed by atoms with Crippen LogP contribution in [0.1, 0.15) is 43.2 Å². The summed E-state index contributed by atoms with van der Waals surface area (Å²) in [5.41, 5.74) is 1.63. The van der Waals surface area contributed by atoms with Crippen LogP contribution in [0.5, 0.6) is 5.88 Å². The van der Waals surface area contributed by atoms with E-state index in [0.29, 0.717) is 24.5 Å². The third kappa shape index (κ3) is 3.60. The zero-order chi connectivity index (χ0) is 22.1. The number of rotatable bonds is 5. The molecule has 0 radical (unpaired) electrons. The number of nitrogens with zero attached hydrogens (tertiary/aromatic N) is 5. The normalized spacial score (nSPS) is 23.6. The Morgan fingerprint density at radius 1 is 1.22 bits per heavy atom. The Bertz CT molecular complexity index is 1060. The van der Waals surface area contributed by atoms with Crippen molar-refractivity contribution in [3.63, 3.8) is 0 Å². The number of aromatic nitrogens is 2. The Morgan fingerprint density at radius 3 is 2.59 bits per heavy atom. The van der Waals surface area contributed by atoms with Crippen LogP contribution in [-0.2, 0) is 10.2 Å². The molecule has 5 rings (SSSR count). The molecule has 4 heterocycles. The molecule has 1 unspecified atom stereocenters. The number of likely N-dealkylation sites (tertiary alicyclic amines) is 1. The Morgan fingerprint density at radius 2 is 2.00 bits per heavy atom. The summed E-state index contributed by atoms with van der Waals surface area (Å²) in [6.45, 7) is 1.41. The maximum Gasteiger partial charge on any atom is 0.246 e. The van der Waals surface area contributed by atoms with E-state index in [1.165, 1.54) is 0 Å². The molecule has 1 aliphatic carbocycles. The smallest absolute Gasteiger partial charge is 0.246 e. The van der Waals surface area contributed by atoms with Gasteiger partial charge in [-0.3, -0.25) is 4.79 Å². The zero-order valence-corrected chi connectivity index (χ0v) is 18.3. The molecular formula is C25H27N5O2. The zero-order valence-electron chi connectivity index (χ0n) is 18.3. The van der Waals surface area contributed by atoms with E-state index in [2.05, 4.69) is 27.0 Å². The number of anilines is 1. The first-order chi connectivity index (χ1) is 15.6. The van der Waals surface area contributed by atoms with Gasteiger partial charge >= 0.3 is 0 Å². The van der Waals surface area contributed by atoms with Crippen LogP contribution < -0.4 is 9.64 Å². The molecular weight excluding hydrogens is 402 g/mol. The largest absolute Gasteiger partial charge is 0.481 e. The van der Waals surface area contributed by atoms with Gasteiger partial charge in [0.2, 0.25) is 11.8 Å². The lowest BCUT2D eigenvalue weighted by atomic mass is 9.64. The molecule has 164 valence electrons. The number of hydrogen-bond acceptors (Lipinski definition) is 6. The van der Waals surface area contributed by atoms with Gasteiger partial charge in [0, 0.05) is 49.0 Å². The lowest BCUT2D eigenvalue weighted by Crippen LogP contribution is -2.55. The van der Waals surface area contributed by atoms with Gasteiger partial charge in [0.1, 0.15) is 11.9 Å². The van der Waals surface area contributed by atoms with Crippen molar-refractivity contribution in [1.82, 2.24) is 14.9 Å². The fraction of sp³-hybridized carbons (Fsp3) is 0.440. The minimum absolute atomic E-state index is 0.0848. The van der Waals surface area contributed by atoms with Crippen molar-refractivity contribution < 1.29 is 9.53 Å². The standard InChI is InChI=1S/C25H27N5O2/c1-32-23-13-19(8-12-27-23)25(9-2-10-25)11-7-24(31)29-16-20-4-5-21(17-29)30(20)22-6-3-18(14-26)15-28-22/h3,6-8,11-13,15,20-21H,2,4-5,9-10,16-17H2,1H3/b11-7+/t20-,21?/m0/s1. The summed E-state index contributed by atoms with van der Waals surface area (Å²) in [5.74, 6) is 1.60. The highest BCUT2D eigenvalue weighted by Crippen LogP contribution is 2.45. The summed E-state index contributed by atoms with van der Waals surface area (Å²) < 4.78 is 5.29. The topological polar surface area (TPSA) is 82.4 Å². The quantitative estimate of drug-likeness (QED) is 0.679.